The van der Waals surface area contributed by atoms with Gasteiger partial charge < -0.3 is 15.3 Å². The van der Waals surface area contributed by atoms with Crippen LogP contribution in [0.3, 0.4) is 0 Å². The average Bonchev–Trinajstić information content (AvgIpc) is 3.17. The first-order chi connectivity index (χ1) is 15.0. The minimum Gasteiger partial charge on any atom is -0.507 e. The van der Waals surface area contributed by atoms with Crippen LogP contribution in [-0.4, -0.2) is 40.5 Å². The predicted octanol–water partition coefficient (Wildman–Crippen LogP) is 5.96. The number of carbonyl (C=O) groups excluding carboxylic acids is 1. The van der Waals surface area contributed by atoms with E-state index in [1.165, 1.54) is 0 Å². The molecule has 3 aromatic rings. The summed E-state index contributed by atoms with van der Waals surface area (Å²) >= 11 is 9.91. The second-order valence-corrected chi connectivity index (χ2v) is 8.86. The molecule has 1 amide bonds. The summed E-state index contributed by atoms with van der Waals surface area (Å²) in [5, 5.41) is 14.4. The molecule has 1 aromatic heterocycles. The van der Waals surface area contributed by atoms with Gasteiger partial charge in [-0.15, -0.1) is 0 Å². The third-order valence-corrected chi connectivity index (χ3v) is 6.15. The molecular weight excluding hydrogens is 478 g/mol. The SMILES string of the molecule is O=C1CCCN1CCCNc1cc(-c2ccccc2Cl)cc(-c2cc(Br)ccc2O)n1. The van der Waals surface area contributed by atoms with E-state index in [4.69, 9.17) is 16.6 Å². The smallest absolute Gasteiger partial charge is 0.222 e. The van der Waals surface area contributed by atoms with Crippen LogP contribution in [0.4, 0.5) is 5.82 Å². The summed E-state index contributed by atoms with van der Waals surface area (Å²) in [6, 6.07) is 16.8. The third-order valence-electron chi connectivity index (χ3n) is 5.33. The maximum atomic E-state index is 11.8. The van der Waals surface area contributed by atoms with E-state index in [1.807, 2.05) is 47.4 Å². The second-order valence-electron chi connectivity index (χ2n) is 7.53. The van der Waals surface area contributed by atoms with Gasteiger partial charge in [-0.2, -0.15) is 0 Å². The first-order valence-corrected chi connectivity index (χ1v) is 11.5. The van der Waals surface area contributed by atoms with Crippen LogP contribution in [0.25, 0.3) is 22.4 Å². The summed E-state index contributed by atoms with van der Waals surface area (Å²) in [4.78, 5) is 18.4. The van der Waals surface area contributed by atoms with Gasteiger partial charge in [-0.1, -0.05) is 45.7 Å². The molecule has 0 bridgehead atoms. The van der Waals surface area contributed by atoms with Gasteiger partial charge in [0.25, 0.3) is 0 Å². The summed E-state index contributed by atoms with van der Waals surface area (Å²) in [5.74, 6) is 1.09. The topological polar surface area (TPSA) is 65.5 Å². The molecule has 1 aliphatic heterocycles. The Kier molecular flexibility index (Phi) is 6.78. The molecule has 0 unspecified atom stereocenters. The van der Waals surface area contributed by atoms with Crippen LogP contribution in [0.2, 0.25) is 5.02 Å². The van der Waals surface area contributed by atoms with Crippen molar-refractivity contribution in [2.45, 2.75) is 19.3 Å². The van der Waals surface area contributed by atoms with Crippen molar-refractivity contribution in [1.29, 1.82) is 0 Å². The monoisotopic (exact) mass is 499 g/mol. The van der Waals surface area contributed by atoms with Crippen molar-refractivity contribution in [3.63, 3.8) is 0 Å². The third kappa shape index (κ3) is 5.20. The summed E-state index contributed by atoms with van der Waals surface area (Å²) in [6.45, 7) is 2.29. The maximum Gasteiger partial charge on any atom is 0.222 e. The number of nitrogens with zero attached hydrogens (tertiary/aromatic N) is 2. The van der Waals surface area contributed by atoms with E-state index >= 15 is 0 Å². The molecule has 7 heteroatoms. The van der Waals surface area contributed by atoms with Crippen molar-refractivity contribution in [3.8, 4) is 28.1 Å². The average molecular weight is 501 g/mol. The van der Waals surface area contributed by atoms with Crippen LogP contribution in [0.1, 0.15) is 19.3 Å². The molecule has 1 aliphatic rings. The Morgan fingerprint density at radius 1 is 1.13 bits per heavy atom. The van der Waals surface area contributed by atoms with Crippen LogP contribution < -0.4 is 5.32 Å². The standard InChI is InChI=1S/C24H23BrClN3O2/c25-17-8-9-22(30)19(15-17)21-13-16(18-5-1-2-6-20(18)26)14-23(28-21)27-10-4-12-29-11-3-7-24(29)31/h1-2,5-6,8-9,13-15,30H,3-4,7,10-12H2,(H,27,28). The van der Waals surface area contributed by atoms with Crippen molar-refractivity contribution in [3.05, 3.63) is 64.1 Å². The van der Waals surface area contributed by atoms with Gasteiger partial charge in [0, 0.05) is 46.7 Å². The summed E-state index contributed by atoms with van der Waals surface area (Å²) in [5.41, 5.74) is 3.09. The molecule has 2 aromatic carbocycles. The predicted molar refractivity (Wildman–Crippen MR) is 128 cm³/mol. The minimum atomic E-state index is 0.158. The number of aromatic nitrogens is 1. The highest BCUT2D eigenvalue weighted by molar-refractivity contribution is 9.10. The number of phenolic OH excluding ortho intramolecular Hbond substituents is 1. The van der Waals surface area contributed by atoms with E-state index in [0.29, 0.717) is 35.1 Å². The highest BCUT2D eigenvalue weighted by atomic mass is 79.9. The van der Waals surface area contributed by atoms with Crippen LogP contribution in [-0.2, 0) is 4.79 Å². The van der Waals surface area contributed by atoms with E-state index < -0.39 is 0 Å². The molecule has 1 fully saturated rings. The van der Waals surface area contributed by atoms with Crippen LogP contribution in [0, 0.1) is 0 Å². The lowest BCUT2D eigenvalue weighted by Crippen LogP contribution is -2.27. The van der Waals surface area contributed by atoms with Gasteiger partial charge in [0.2, 0.25) is 5.91 Å². The highest BCUT2D eigenvalue weighted by Crippen LogP contribution is 2.36. The van der Waals surface area contributed by atoms with Gasteiger partial charge in [0.1, 0.15) is 11.6 Å². The van der Waals surface area contributed by atoms with Gasteiger partial charge in [0.05, 0.1) is 5.69 Å². The number of phenols is 1. The van der Waals surface area contributed by atoms with E-state index in [1.54, 1.807) is 12.1 Å². The summed E-state index contributed by atoms with van der Waals surface area (Å²) < 4.78 is 0.857. The number of carbonyl (C=O) groups is 1. The molecule has 0 saturated carbocycles. The normalized spacial score (nSPS) is 13.6. The Morgan fingerprint density at radius 2 is 1.97 bits per heavy atom. The lowest BCUT2D eigenvalue weighted by atomic mass is 10.0. The Hall–Kier alpha value is -2.57. The lowest BCUT2D eigenvalue weighted by molar-refractivity contribution is -0.127. The van der Waals surface area contributed by atoms with E-state index in [0.717, 1.165) is 41.5 Å². The molecule has 2 N–H and O–H groups in total. The number of halogens is 2. The highest BCUT2D eigenvalue weighted by Gasteiger charge is 2.19. The van der Waals surface area contributed by atoms with Crippen LogP contribution in [0.5, 0.6) is 5.75 Å². The maximum absolute atomic E-state index is 11.8. The molecule has 0 spiro atoms. The zero-order valence-electron chi connectivity index (χ0n) is 16.9. The Balaban J connectivity index is 1.61. The van der Waals surface area contributed by atoms with Gasteiger partial charge in [-0.25, -0.2) is 4.98 Å². The number of rotatable bonds is 7. The zero-order valence-corrected chi connectivity index (χ0v) is 19.3. The Morgan fingerprint density at radius 3 is 2.74 bits per heavy atom. The largest absolute Gasteiger partial charge is 0.507 e. The number of amides is 1. The molecule has 2 heterocycles. The van der Waals surface area contributed by atoms with Crippen molar-refractivity contribution >= 4 is 39.3 Å². The first kappa shape index (κ1) is 21.7. The van der Waals surface area contributed by atoms with Crippen molar-refractivity contribution in [1.82, 2.24) is 9.88 Å². The second kappa shape index (κ2) is 9.71. The van der Waals surface area contributed by atoms with Crippen molar-refractivity contribution in [2.24, 2.45) is 0 Å². The molecule has 0 aliphatic carbocycles. The minimum absolute atomic E-state index is 0.158. The fraction of sp³-hybridized carbons (Fsp3) is 0.250. The summed E-state index contributed by atoms with van der Waals surface area (Å²) in [7, 11) is 0. The van der Waals surface area contributed by atoms with E-state index in [2.05, 4.69) is 21.2 Å². The van der Waals surface area contributed by atoms with Crippen LogP contribution in [0.15, 0.2) is 59.1 Å². The number of hydrogen-bond acceptors (Lipinski definition) is 4. The molecule has 31 heavy (non-hydrogen) atoms. The number of likely N-dealkylation sites (tertiary alicyclic amines) is 1. The number of pyridine rings is 1. The van der Waals surface area contributed by atoms with Gasteiger partial charge in [-0.3, -0.25) is 4.79 Å². The number of anilines is 1. The number of benzene rings is 2. The van der Waals surface area contributed by atoms with Gasteiger partial charge in [0.15, 0.2) is 0 Å². The first-order valence-electron chi connectivity index (χ1n) is 10.3. The fourth-order valence-corrected chi connectivity index (χ4v) is 4.36. The van der Waals surface area contributed by atoms with Crippen molar-refractivity contribution < 1.29 is 9.90 Å². The number of aromatic hydroxyl groups is 1. The molecule has 1 saturated heterocycles. The number of hydrogen-bond donors (Lipinski definition) is 2. The van der Waals surface area contributed by atoms with E-state index in [9.17, 15) is 9.90 Å². The molecule has 160 valence electrons. The Labute approximate surface area is 195 Å². The van der Waals surface area contributed by atoms with Gasteiger partial charge in [-0.05, 0) is 54.8 Å². The molecule has 0 radical (unpaired) electrons. The summed E-state index contributed by atoms with van der Waals surface area (Å²) in [6.07, 6.45) is 2.45. The van der Waals surface area contributed by atoms with Gasteiger partial charge >= 0.3 is 0 Å². The number of nitrogens with one attached hydrogen (secondary N) is 1. The Bertz CT molecular complexity index is 1110. The lowest BCUT2D eigenvalue weighted by Gasteiger charge is -2.16. The fourth-order valence-electron chi connectivity index (χ4n) is 3.75. The zero-order chi connectivity index (χ0) is 21.8. The van der Waals surface area contributed by atoms with Crippen molar-refractivity contribution in [2.75, 3.05) is 25.0 Å². The molecule has 5 nitrogen and oxygen atoms in total. The molecular formula is C24H23BrClN3O2. The quantitative estimate of drug-likeness (QED) is 0.393. The molecule has 4 rings (SSSR count). The van der Waals surface area contributed by atoms with E-state index in [-0.39, 0.29) is 11.7 Å². The van der Waals surface area contributed by atoms with Crippen LogP contribution >= 0.6 is 27.5 Å². The molecule has 0 atom stereocenters.